The van der Waals surface area contributed by atoms with Gasteiger partial charge in [-0.3, -0.25) is 4.79 Å². The summed E-state index contributed by atoms with van der Waals surface area (Å²) in [6.07, 6.45) is -4.45. The fourth-order valence-electron chi connectivity index (χ4n) is 2.71. The van der Waals surface area contributed by atoms with E-state index in [0.717, 1.165) is 6.07 Å². The Morgan fingerprint density at radius 1 is 1.28 bits per heavy atom. The number of alkyl halides is 3. The van der Waals surface area contributed by atoms with Gasteiger partial charge in [-0.25, -0.2) is 0 Å². The van der Waals surface area contributed by atoms with Crippen LogP contribution >= 0.6 is 0 Å². The monoisotopic (exact) mass is 258 g/mol. The van der Waals surface area contributed by atoms with Gasteiger partial charge in [0, 0.05) is 5.92 Å². The molecule has 98 valence electrons. The minimum atomic E-state index is -4.45. The van der Waals surface area contributed by atoms with Crippen molar-refractivity contribution in [1.82, 2.24) is 0 Å². The summed E-state index contributed by atoms with van der Waals surface area (Å²) >= 11 is 0. The second kappa shape index (κ2) is 3.73. The lowest BCUT2D eigenvalue weighted by Crippen LogP contribution is -2.09. The van der Waals surface area contributed by atoms with Crippen molar-refractivity contribution >= 4 is 5.97 Å². The van der Waals surface area contributed by atoms with Crippen molar-refractivity contribution < 1.29 is 23.1 Å². The molecule has 0 amide bonds. The molecule has 2 atom stereocenters. The van der Waals surface area contributed by atoms with Crippen molar-refractivity contribution in [2.45, 2.75) is 25.9 Å². The molecule has 18 heavy (non-hydrogen) atoms. The number of rotatable bonds is 2. The third kappa shape index (κ3) is 1.87. The maximum absolute atomic E-state index is 12.9. The molecule has 1 aromatic carbocycles. The number of carbonyl (C=O) groups is 1. The van der Waals surface area contributed by atoms with Gasteiger partial charge in [0.05, 0.1) is 11.5 Å². The number of hydrogen-bond donors (Lipinski definition) is 1. The van der Waals surface area contributed by atoms with Crippen LogP contribution in [0.15, 0.2) is 24.3 Å². The van der Waals surface area contributed by atoms with Crippen molar-refractivity contribution in [2.75, 3.05) is 0 Å². The van der Waals surface area contributed by atoms with E-state index in [0.29, 0.717) is 0 Å². The summed E-state index contributed by atoms with van der Waals surface area (Å²) < 4.78 is 38.6. The summed E-state index contributed by atoms with van der Waals surface area (Å²) in [5.41, 5.74) is -1.28. The summed E-state index contributed by atoms with van der Waals surface area (Å²) in [4.78, 5) is 11.0. The first-order valence-electron chi connectivity index (χ1n) is 5.56. The number of carboxylic acids is 1. The molecule has 0 aromatic heterocycles. The Balaban J connectivity index is 2.46. The fourth-order valence-corrected chi connectivity index (χ4v) is 2.71. The van der Waals surface area contributed by atoms with Crippen LogP contribution in [0.3, 0.4) is 0 Å². The van der Waals surface area contributed by atoms with Gasteiger partial charge in [0.2, 0.25) is 0 Å². The predicted octanol–water partition coefficient (Wildman–Crippen LogP) is 3.53. The molecule has 1 aliphatic rings. The zero-order valence-electron chi connectivity index (χ0n) is 9.95. The van der Waals surface area contributed by atoms with Crippen LogP contribution in [0.1, 0.15) is 30.9 Å². The average Bonchev–Trinajstić information content (AvgIpc) is 2.80. The normalized spacial score (nSPS) is 25.8. The van der Waals surface area contributed by atoms with E-state index in [-0.39, 0.29) is 5.56 Å². The largest absolute Gasteiger partial charge is 0.481 e. The Morgan fingerprint density at radius 3 is 2.28 bits per heavy atom. The first-order valence-corrected chi connectivity index (χ1v) is 5.56. The van der Waals surface area contributed by atoms with Gasteiger partial charge in [0.15, 0.2) is 0 Å². The van der Waals surface area contributed by atoms with E-state index >= 15 is 0 Å². The van der Waals surface area contributed by atoms with Crippen LogP contribution in [0.4, 0.5) is 13.2 Å². The third-order valence-corrected chi connectivity index (χ3v) is 3.69. The van der Waals surface area contributed by atoms with Gasteiger partial charge in [0.1, 0.15) is 0 Å². The molecule has 2 nitrogen and oxygen atoms in total. The summed E-state index contributed by atoms with van der Waals surface area (Å²) in [5, 5.41) is 9.03. The van der Waals surface area contributed by atoms with Gasteiger partial charge in [-0.1, -0.05) is 32.0 Å². The lowest BCUT2D eigenvalue weighted by atomic mass is 9.98. The third-order valence-electron chi connectivity index (χ3n) is 3.69. The second-order valence-electron chi connectivity index (χ2n) is 5.20. The molecule has 0 heterocycles. The average molecular weight is 258 g/mol. The Hall–Kier alpha value is -1.52. The topological polar surface area (TPSA) is 37.3 Å². The van der Waals surface area contributed by atoms with Crippen molar-refractivity contribution in [3.63, 3.8) is 0 Å². The van der Waals surface area contributed by atoms with Crippen LogP contribution in [0, 0.1) is 11.3 Å². The van der Waals surface area contributed by atoms with E-state index in [4.69, 9.17) is 5.11 Å². The maximum atomic E-state index is 12.9. The molecule has 0 bridgehead atoms. The Morgan fingerprint density at radius 2 is 1.83 bits per heavy atom. The van der Waals surface area contributed by atoms with Crippen LogP contribution in [0.5, 0.6) is 0 Å². The molecule has 2 unspecified atom stereocenters. The Kier molecular flexibility index (Phi) is 2.68. The minimum absolute atomic E-state index is 0.0856. The van der Waals surface area contributed by atoms with E-state index in [2.05, 4.69) is 0 Å². The molecule has 0 radical (unpaired) electrons. The molecule has 1 saturated carbocycles. The SMILES string of the molecule is CC1(C)C(C(=O)O)C1c1ccccc1C(F)(F)F. The van der Waals surface area contributed by atoms with Crippen LogP contribution < -0.4 is 0 Å². The molecule has 0 spiro atoms. The first kappa shape index (κ1) is 12.9. The highest BCUT2D eigenvalue weighted by Crippen LogP contribution is 2.65. The Bertz CT molecular complexity index is 491. The minimum Gasteiger partial charge on any atom is -0.481 e. The highest BCUT2D eigenvalue weighted by Gasteiger charge is 2.63. The summed E-state index contributed by atoms with van der Waals surface area (Å²) in [6.45, 7) is 3.37. The molecule has 5 heteroatoms. The molecule has 2 rings (SSSR count). The van der Waals surface area contributed by atoms with E-state index in [1.54, 1.807) is 13.8 Å². The molecule has 1 aromatic rings. The van der Waals surface area contributed by atoms with Gasteiger partial charge in [-0.15, -0.1) is 0 Å². The van der Waals surface area contributed by atoms with E-state index in [1.807, 2.05) is 0 Å². The number of hydrogen-bond acceptors (Lipinski definition) is 1. The molecule has 1 fully saturated rings. The number of carboxylic acid groups (broad SMARTS) is 1. The number of benzene rings is 1. The standard InChI is InChI=1S/C13H13F3O2/c1-12(2)9(10(12)11(17)18)7-5-3-4-6-8(7)13(14,15)16/h3-6,9-10H,1-2H3,(H,17,18). The number of halogens is 3. The van der Waals surface area contributed by atoms with Crippen LogP contribution in [0.25, 0.3) is 0 Å². The van der Waals surface area contributed by atoms with E-state index in [1.165, 1.54) is 18.2 Å². The maximum Gasteiger partial charge on any atom is 0.416 e. The summed E-state index contributed by atoms with van der Waals surface area (Å²) in [6, 6.07) is 5.20. The van der Waals surface area contributed by atoms with Crippen molar-refractivity contribution in [2.24, 2.45) is 11.3 Å². The zero-order chi connectivity index (χ0) is 13.7. The van der Waals surface area contributed by atoms with Crippen LogP contribution in [-0.2, 0) is 11.0 Å². The number of aliphatic carboxylic acids is 1. The molecule has 1 aliphatic carbocycles. The zero-order valence-corrected chi connectivity index (χ0v) is 9.95. The lowest BCUT2D eigenvalue weighted by molar-refractivity contribution is -0.140. The van der Waals surface area contributed by atoms with Crippen LogP contribution in [-0.4, -0.2) is 11.1 Å². The molecule has 0 aliphatic heterocycles. The predicted molar refractivity (Wildman–Crippen MR) is 59.1 cm³/mol. The van der Waals surface area contributed by atoms with Crippen molar-refractivity contribution in [1.29, 1.82) is 0 Å². The summed E-state index contributed by atoms with van der Waals surface area (Å²) in [5.74, 6) is -2.36. The van der Waals surface area contributed by atoms with Gasteiger partial charge >= 0.3 is 12.1 Å². The fraction of sp³-hybridized carbons (Fsp3) is 0.462. The van der Waals surface area contributed by atoms with Gasteiger partial charge in [0.25, 0.3) is 0 Å². The molecular weight excluding hydrogens is 245 g/mol. The molecule has 0 saturated heterocycles. The molecular formula is C13H13F3O2. The van der Waals surface area contributed by atoms with E-state index < -0.39 is 35.0 Å². The van der Waals surface area contributed by atoms with Crippen LogP contribution in [0.2, 0.25) is 0 Å². The van der Waals surface area contributed by atoms with Gasteiger partial charge in [-0.05, 0) is 17.0 Å². The lowest BCUT2D eigenvalue weighted by Gasteiger charge is -2.13. The van der Waals surface area contributed by atoms with Crippen molar-refractivity contribution in [3.8, 4) is 0 Å². The van der Waals surface area contributed by atoms with Crippen molar-refractivity contribution in [3.05, 3.63) is 35.4 Å². The quantitative estimate of drug-likeness (QED) is 0.881. The summed E-state index contributed by atoms with van der Waals surface area (Å²) in [7, 11) is 0. The smallest absolute Gasteiger partial charge is 0.416 e. The molecule has 1 N–H and O–H groups in total. The van der Waals surface area contributed by atoms with E-state index in [9.17, 15) is 18.0 Å². The van der Waals surface area contributed by atoms with Gasteiger partial charge in [-0.2, -0.15) is 13.2 Å². The first-order chi connectivity index (χ1) is 8.17. The van der Waals surface area contributed by atoms with Gasteiger partial charge < -0.3 is 5.11 Å². The Labute approximate surface area is 102 Å². The highest BCUT2D eigenvalue weighted by molar-refractivity contribution is 5.77. The second-order valence-corrected chi connectivity index (χ2v) is 5.20. The highest BCUT2D eigenvalue weighted by atomic mass is 19.4.